The van der Waals surface area contributed by atoms with E-state index in [2.05, 4.69) is 4.72 Å². The Hall–Kier alpha value is -2.59. The minimum Gasteiger partial charge on any atom is -0.338 e. The summed E-state index contributed by atoms with van der Waals surface area (Å²) in [5.74, 6) is -2.70. The zero-order valence-electron chi connectivity index (χ0n) is 15.8. The number of likely N-dealkylation sites (tertiary alicyclic amines) is 1. The van der Waals surface area contributed by atoms with Crippen molar-refractivity contribution in [2.75, 3.05) is 19.6 Å². The summed E-state index contributed by atoms with van der Waals surface area (Å²) in [6.07, 6.45) is 2.68. The van der Waals surface area contributed by atoms with Gasteiger partial charge >= 0.3 is 0 Å². The summed E-state index contributed by atoms with van der Waals surface area (Å²) >= 11 is 0. The van der Waals surface area contributed by atoms with E-state index in [1.165, 1.54) is 10.6 Å². The number of nitrogens with one attached hydrogen (secondary N) is 1. The molecule has 0 bridgehead atoms. The molecule has 10 heteroatoms. The largest absolute Gasteiger partial charge is 0.338 e. The molecule has 1 aliphatic rings. The van der Waals surface area contributed by atoms with E-state index >= 15 is 0 Å². The number of sulfonamides is 1. The third-order valence-corrected chi connectivity index (χ3v) is 6.44. The van der Waals surface area contributed by atoms with Crippen LogP contribution in [0.1, 0.15) is 23.2 Å². The van der Waals surface area contributed by atoms with Gasteiger partial charge in [0.25, 0.3) is 11.5 Å². The number of carbonyl (C=O) groups is 1. The number of piperidine rings is 1. The first-order valence-corrected chi connectivity index (χ1v) is 10.6. The second-order valence-electron chi connectivity index (χ2n) is 7.00. The fourth-order valence-electron chi connectivity index (χ4n) is 3.23. The van der Waals surface area contributed by atoms with E-state index < -0.39 is 21.7 Å². The van der Waals surface area contributed by atoms with Crippen molar-refractivity contribution in [1.82, 2.24) is 14.2 Å². The van der Waals surface area contributed by atoms with Crippen LogP contribution in [0.3, 0.4) is 0 Å². The summed E-state index contributed by atoms with van der Waals surface area (Å²) in [6.45, 7) is 0.916. The molecular formula is C19H21F2N3O4S. The van der Waals surface area contributed by atoms with E-state index in [-0.39, 0.29) is 34.4 Å². The number of aryl methyl sites for hydroxylation is 1. The third-order valence-electron chi connectivity index (χ3n) is 5.02. The van der Waals surface area contributed by atoms with Crippen molar-refractivity contribution in [3.8, 4) is 0 Å². The normalized spacial score (nSPS) is 15.5. The van der Waals surface area contributed by atoms with Crippen LogP contribution in [0.2, 0.25) is 0 Å². The number of halogens is 2. The standard InChI is InChI=1S/C19H21F2N3O4S/c1-23-8-2-3-15(18(23)25)19(26)24-9-6-13(7-10-24)12-22-29(27,28)14-4-5-16(20)17(21)11-14/h2-5,8,11,13,22H,6-7,9-10,12H2,1H3. The number of amides is 1. The van der Waals surface area contributed by atoms with E-state index in [1.807, 2.05) is 0 Å². The van der Waals surface area contributed by atoms with Gasteiger partial charge in [-0.3, -0.25) is 9.59 Å². The van der Waals surface area contributed by atoms with Crippen molar-refractivity contribution in [3.63, 3.8) is 0 Å². The van der Waals surface area contributed by atoms with Crippen molar-refractivity contribution >= 4 is 15.9 Å². The van der Waals surface area contributed by atoms with E-state index in [4.69, 9.17) is 0 Å². The SMILES string of the molecule is Cn1cccc(C(=O)N2CCC(CNS(=O)(=O)c3ccc(F)c(F)c3)CC2)c1=O. The highest BCUT2D eigenvalue weighted by Gasteiger charge is 2.26. The Morgan fingerprint density at radius 1 is 1.17 bits per heavy atom. The van der Waals surface area contributed by atoms with Crippen molar-refractivity contribution in [1.29, 1.82) is 0 Å². The number of benzene rings is 1. The predicted molar refractivity (Wildman–Crippen MR) is 102 cm³/mol. The smallest absolute Gasteiger partial charge is 0.263 e. The van der Waals surface area contributed by atoms with Gasteiger partial charge in [0.1, 0.15) is 5.56 Å². The first-order valence-electron chi connectivity index (χ1n) is 9.08. The minimum absolute atomic E-state index is 0.0160. The predicted octanol–water partition coefficient (Wildman–Crippen LogP) is 1.49. The fraction of sp³-hybridized carbons (Fsp3) is 0.368. The Morgan fingerprint density at radius 3 is 2.52 bits per heavy atom. The Labute approximate surface area is 167 Å². The highest BCUT2D eigenvalue weighted by Crippen LogP contribution is 2.19. The van der Waals surface area contributed by atoms with E-state index in [1.54, 1.807) is 24.2 Å². The molecule has 0 spiro atoms. The van der Waals surface area contributed by atoms with E-state index in [0.717, 1.165) is 12.1 Å². The van der Waals surface area contributed by atoms with Gasteiger partial charge in [0.15, 0.2) is 11.6 Å². The van der Waals surface area contributed by atoms with Gasteiger partial charge in [0, 0.05) is 32.9 Å². The van der Waals surface area contributed by atoms with Crippen LogP contribution >= 0.6 is 0 Å². The average molecular weight is 425 g/mol. The molecule has 2 heterocycles. The van der Waals surface area contributed by atoms with Crippen LogP contribution in [-0.2, 0) is 17.1 Å². The van der Waals surface area contributed by atoms with Gasteiger partial charge in [0.2, 0.25) is 10.0 Å². The van der Waals surface area contributed by atoms with Gasteiger partial charge in [-0.25, -0.2) is 21.9 Å². The summed E-state index contributed by atoms with van der Waals surface area (Å²) in [7, 11) is -2.39. The summed E-state index contributed by atoms with van der Waals surface area (Å²) < 4.78 is 54.6. The molecule has 1 fully saturated rings. The van der Waals surface area contributed by atoms with Gasteiger partial charge < -0.3 is 9.47 Å². The molecule has 29 heavy (non-hydrogen) atoms. The lowest BCUT2D eigenvalue weighted by Gasteiger charge is -2.32. The van der Waals surface area contributed by atoms with Crippen molar-refractivity contribution in [2.45, 2.75) is 17.7 Å². The van der Waals surface area contributed by atoms with Gasteiger partial charge in [0.05, 0.1) is 4.90 Å². The van der Waals surface area contributed by atoms with Crippen LogP contribution in [0.4, 0.5) is 8.78 Å². The van der Waals surface area contributed by atoms with Gasteiger partial charge in [-0.15, -0.1) is 0 Å². The quantitative estimate of drug-likeness (QED) is 0.786. The first-order chi connectivity index (χ1) is 13.7. The molecule has 0 aliphatic carbocycles. The molecule has 1 N–H and O–H groups in total. The minimum atomic E-state index is -3.96. The maximum atomic E-state index is 13.3. The Kier molecular flexibility index (Phi) is 6.13. The van der Waals surface area contributed by atoms with Gasteiger partial charge in [-0.2, -0.15) is 0 Å². The number of carbonyl (C=O) groups excluding carboxylic acids is 1. The monoisotopic (exact) mass is 425 g/mol. The van der Waals surface area contributed by atoms with Crippen LogP contribution in [0.5, 0.6) is 0 Å². The van der Waals surface area contributed by atoms with Crippen molar-refractivity contribution in [3.05, 3.63) is 64.1 Å². The molecule has 1 saturated heterocycles. The highest BCUT2D eigenvalue weighted by molar-refractivity contribution is 7.89. The molecule has 1 aliphatic heterocycles. The molecule has 1 aromatic heterocycles. The van der Waals surface area contributed by atoms with Crippen molar-refractivity contribution in [2.24, 2.45) is 13.0 Å². The van der Waals surface area contributed by atoms with E-state index in [0.29, 0.717) is 32.0 Å². The molecule has 1 amide bonds. The Morgan fingerprint density at radius 2 is 1.86 bits per heavy atom. The topological polar surface area (TPSA) is 88.5 Å². The zero-order chi connectivity index (χ0) is 21.2. The summed E-state index contributed by atoms with van der Waals surface area (Å²) in [6, 6.07) is 5.53. The lowest BCUT2D eigenvalue weighted by molar-refractivity contribution is 0.0689. The third kappa shape index (κ3) is 4.70. The molecule has 0 unspecified atom stereocenters. The molecule has 2 aromatic rings. The van der Waals surface area contributed by atoms with Crippen LogP contribution in [0.25, 0.3) is 0 Å². The van der Waals surface area contributed by atoms with Gasteiger partial charge in [-0.05, 0) is 49.1 Å². The molecule has 1 aromatic carbocycles. The summed E-state index contributed by atoms with van der Waals surface area (Å²) in [5.41, 5.74) is -0.258. The number of hydrogen-bond donors (Lipinski definition) is 1. The number of pyridine rings is 1. The maximum absolute atomic E-state index is 13.3. The molecule has 0 saturated carbocycles. The molecule has 0 atom stereocenters. The molecular weight excluding hydrogens is 404 g/mol. The maximum Gasteiger partial charge on any atom is 0.263 e. The molecule has 0 radical (unpaired) electrons. The fourth-order valence-corrected chi connectivity index (χ4v) is 4.35. The lowest BCUT2D eigenvalue weighted by atomic mass is 9.97. The van der Waals surface area contributed by atoms with Crippen LogP contribution in [0.15, 0.2) is 46.2 Å². The first kappa shape index (κ1) is 21.1. The second-order valence-corrected chi connectivity index (χ2v) is 8.77. The van der Waals surface area contributed by atoms with E-state index in [9.17, 15) is 26.8 Å². The van der Waals surface area contributed by atoms with Gasteiger partial charge in [-0.1, -0.05) is 0 Å². The zero-order valence-corrected chi connectivity index (χ0v) is 16.6. The second kappa shape index (κ2) is 8.42. The van der Waals surface area contributed by atoms with Crippen LogP contribution in [-0.4, -0.2) is 43.4 Å². The van der Waals surface area contributed by atoms with Crippen LogP contribution < -0.4 is 10.3 Å². The number of nitrogens with zero attached hydrogens (tertiary/aromatic N) is 2. The summed E-state index contributed by atoms with van der Waals surface area (Å²) in [5, 5.41) is 0. The Balaban J connectivity index is 1.57. The molecule has 7 nitrogen and oxygen atoms in total. The highest BCUT2D eigenvalue weighted by atomic mass is 32.2. The number of aromatic nitrogens is 1. The average Bonchev–Trinajstić information content (AvgIpc) is 2.70. The number of hydrogen-bond acceptors (Lipinski definition) is 4. The number of rotatable bonds is 5. The Bertz CT molecular complexity index is 1080. The van der Waals surface area contributed by atoms with Crippen LogP contribution in [0, 0.1) is 17.6 Å². The molecule has 156 valence electrons. The van der Waals surface area contributed by atoms with Crippen molar-refractivity contribution < 1.29 is 22.0 Å². The summed E-state index contributed by atoms with van der Waals surface area (Å²) in [4.78, 5) is 25.9. The lowest BCUT2D eigenvalue weighted by Crippen LogP contribution is -2.43. The molecule has 3 rings (SSSR count).